The summed E-state index contributed by atoms with van der Waals surface area (Å²) < 4.78 is 0. The van der Waals surface area contributed by atoms with Gasteiger partial charge in [-0.25, -0.2) is 0 Å². The van der Waals surface area contributed by atoms with Crippen molar-refractivity contribution in [2.75, 3.05) is 0 Å². The van der Waals surface area contributed by atoms with Gasteiger partial charge in [0.1, 0.15) is 0 Å². The minimum Gasteiger partial charge on any atom is -0.192 e. The minimum absolute atomic E-state index is 0.609. The predicted molar refractivity (Wildman–Crippen MR) is 82.3 cm³/mol. The molecule has 0 saturated heterocycles. The normalized spacial score (nSPS) is 10.2. The van der Waals surface area contributed by atoms with Crippen LogP contribution in [0, 0.1) is 18.3 Å². The first-order valence-corrected chi connectivity index (χ1v) is 7.54. The molecule has 2 aromatic carbocycles. The van der Waals surface area contributed by atoms with Crippen LogP contribution in [0.3, 0.4) is 0 Å². The Kier molecular flexibility index (Phi) is 4.90. The molecule has 0 unspecified atom stereocenters. The lowest BCUT2D eigenvalue weighted by molar-refractivity contribution is 1.33. The van der Waals surface area contributed by atoms with E-state index in [4.69, 9.17) is 16.9 Å². The summed E-state index contributed by atoms with van der Waals surface area (Å²) in [6, 6.07) is 16.1. The van der Waals surface area contributed by atoms with Crippen molar-refractivity contribution < 1.29 is 0 Å². The molecule has 0 N–H and O–H groups in total. The summed E-state index contributed by atoms with van der Waals surface area (Å²) in [6.45, 7) is 2.10. The second kappa shape index (κ2) is 6.65. The van der Waals surface area contributed by atoms with E-state index in [2.05, 4.69) is 37.3 Å². The highest BCUT2D eigenvalue weighted by Gasteiger charge is 2.02. The highest BCUT2D eigenvalue weighted by molar-refractivity contribution is 7.97. The van der Waals surface area contributed by atoms with Crippen LogP contribution >= 0.6 is 23.4 Å². The van der Waals surface area contributed by atoms with E-state index in [1.807, 2.05) is 23.9 Å². The third-order valence-corrected chi connectivity index (χ3v) is 4.20. The van der Waals surface area contributed by atoms with Gasteiger partial charge in [0.15, 0.2) is 0 Å². The molecule has 0 fully saturated rings. The number of thioether (sulfide) groups is 1. The van der Waals surface area contributed by atoms with Gasteiger partial charge in [-0.1, -0.05) is 47.5 Å². The van der Waals surface area contributed by atoms with Crippen LogP contribution in [0.1, 0.15) is 22.3 Å². The predicted octanol–water partition coefficient (Wildman–Crippen LogP) is 4.95. The largest absolute Gasteiger partial charge is 0.192 e. The highest BCUT2D eigenvalue weighted by atomic mass is 35.5. The number of nitrogens with zero attached hydrogens (tertiary/aromatic N) is 1. The molecule has 0 amide bonds. The quantitative estimate of drug-likeness (QED) is 0.794. The Hall–Kier alpha value is -1.43. The van der Waals surface area contributed by atoms with Crippen LogP contribution < -0.4 is 0 Å². The summed E-state index contributed by atoms with van der Waals surface area (Å²) in [5, 5.41) is 9.47. The Morgan fingerprint density at radius 2 is 2.00 bits per heavy atom. The molecule has 0 spiro atoms. The maximum Gasteiger partial charge on any atom is 0.0992 e. The molecule has 96 valence electrons. The van der Waals surface area contributed by atoms with Crippen LogP contribution in [-0.4, -0.2) is 0 Å². The Morgan fingerprint density at radius 3 is 2.68 bits per heavy atom. The molecule has 2 aromatic rings. The standard InChI is InChI=1S/C16H14ClNS/c1-12-3-2-4-14(7-12)10-19-11-15-6-5-13(9-18)8-16(15)17/h2-8H,10-11H2,1H3. The van der Waals surface area contributed by atoms with Crippen LogP contribution in [0.4, 0.5) is 0 Å². The molecule has 2 rings (SSSR count). The van der Waals surface area contributed by atoms with Crippen molar-refractivity contribution in [1.29, 1.82) is 5.26 Å². The third kappa shape index (κ3) is 4.02. The highest BCUT2D eigenvalue weighted by Crippen LogP contribution is 2.24. The van der Waals surface area contributed by atoms with E-state index in [1.54, 1.807) is 6.07 Å². The van der Waals surface area contributed by atoms with Crippen LogP contribution in [0.2, 0.25) is 5.02 Å². The van der Waals surface area contributed by atoms with E-state index in [0.29, 0.717) is 10.6 Å². The zero-order chi connectivity index (χ0) is 13.7. The summed E-state index contributed by atoms with van der Waals surface area (Å²) in [5.74, 6) is 1.83. The lowest BCUT2D eigenvalue weighted by Crippen LogP contribution is -1.87. The van der Waals surface area contributed by atoms with Gasteiger partial charge in [0.25, 0.3) is 0 Å². The fourth-order valence-electron chi connectivity index (χ4n) is 1.81. The van der Waals surface area contributed by atoms with Gasteiger partial charge in [-0.2, -0.15) is 17.0 Å². The van der Waals surface area contributed by atoms with Crippen molar-refractivity contribution in [1.82, 2.24) is 0 Å². The number of rotatable bonds is 4. The molecule has 0 radical (unpaired) electrons. The fourth-order valence-corrected chi connectivity index (χ4v) is 3.13. The second-order valence-electron chi connectivity index (χ2n) is 4.40. The van der Waals surface area contributed by atoms with Gasteiger partial charge in [0.05, 0.1) is 11.6 Å². The van der Waals surface area contributed by atoms with Crippen molar-refractivity contribution >= 4 is 23.4 Å². The molecule has 0 atom stereocenters. The number of aryl methyl sites for hydroxylation is 1. The van der Waals surface area contributed by atoms with Gasteiger partial charge in [-0.15, -0.1) is 0 Å². The Morgan fingerprint density at radius 1 is 1.16 bits per heavy atom. The van der Waals surface area contributed by atoms with Crippen molar-refractivity contribution in [3.05, 3.63) is 69.7 Å². The molecule has 0 heterocycles. The van der Waals surface area contributed by atoms with Crippen molar-refractivity contribution in [2.45, 2.75) is 18.4 Å². The zero-order valence-corrected chi connectivity index (χ0v) is 12.3. The minimum atomic E-state index is 0.609. The van der Waals surface area contributed by atoms with E-state index in [0.717, 1.165) is 17.1 Å². The van der Waals surface area contributed by atoms with Gasteiger partial charge in [-0.05, 0) is 30.2 Å². The van der Waals surface area contributed by atoms with Crippen molar-refractivity contribution in [2.24, 2.45) is 0 Å². The lowest BCUT2D eigenvalue weighted by Gasteiger charge is -2.05. The third-order valence-electron chi connectivity index (χ3n) is 2.79. The molecule has 0 aromatic heterocycles. The van der Waals surface area contributed by atoms with E-state index in [-0.39, 0.29) is 0 Å². The van der Waals surface area contributed by atoms with Gasteiger partial charge in [0, 0.05) is 16.5 Å². The summed E-state index contributed by atoms with van der Waals surface area (Å²) >= 11 is 7.98. The van der Waals surface area contributed by atoms with Crippen LogP contribution in [0.25, 0.3) is 0 Å². The number of hydrogen-bond donors (Lipinski definition) is 0. The topological polar surface area (TPSA) is 23.8 Å². The Balaban J connectivity index is 1.94. The number of benzene rings is 2. The maximum absolute atomic E-state index is 8.79. The van der Waals surface area contributed by atoms with Gasteiger partial charge >= 0.3 is 0 Å². The van der Waals surface area contributed by atoms with E-state index in [1.165, 1.54) is 11.1 Å². The molecule has 3 heteroatoms. The lowest BCUT2D eigenvalue weighted by atomic mass is 10.2. The van der Waals surface area contributed by atoms with Crippen LogP contribution in [-0.2, 0) is 11.5 Å². The molecule has 0 bridgehead atoms. The van der Waals surface area contributed by atoms with Gasteiger partial charge < -0.3 is 0 Å². The molecule has 0 saturated carbocycles. The first-order valence-electron chi connectivity index (χ1n) is 6.01. The molecule has 1 nitrogen and oxygen atoms in total. The summed E-state index contributed by atoms with van der Waals surface area (Å²) in [5.41, 5.74) is 4.31. The molecule has 0 aliphatic heterocycles. The van der Waals surface area contributed by atoms with Crippen molar-refractivity contribution in [3.63, 3.8) is 0 Å². The molecule has 0 aliphatic carbocycles. The van der Waals surface area contributed by atoms with Gasteiger partial charge in [-0.3, -0.25) is 0 Å². The number of hydrogen-bond acceptors (Lipinski definition) is 2. The zero-order valence-electron chi connectivity index (χ0n) is 10.7. The molecular weight excluding hydrogens is 274 g/mol. The number of nitriles is 1. The first-order chi connectivity index (χ1) is 9.19. The van der Waals surface area contributed by atoms with Crippen molar-refractivity contribution in [3.8, 4) is 6.07 Å². The summed E-state index contributed by atoms with van der Waals surface area (Å²) in [4.78, 5) is 0. The monoisotopic (exact) mass is 287 g/mol. The molecule has 19 heavy (non-hydrogen) atoms. The SMILES string of the molecule is Cc1cccc(CSCc2ccc(C#N)cc2Cl)c1. The van der Waals surface area contributed by atoms with Gasteiger partial charge in [0.2, 0.25) is 0 Å². The van der Waals surface area contributed by atoms with E-state index in [9.17, 15) is 0 Å². The second-order valence-corrected chi connectivity index (χ2v) is 5.79. The summed E-state index contributed by atoms with van der Waals surface area (Å²) in [7, 11) is 0. The van der Waals surface area contributed by atoms with E-state index >= 15 is 0 Å². The average molecular weight is 288 g/mol. The van der Waals surface area contributed by atoms with E-state index < -0.39 is 0 Å². The smallest absolute Gasteiger partial charge is 0.0992 e. The Labute approximate surface area is 123 Å². The Bertz CT molecular complexity index is 616. The summed E-state index contributed by atoms with van der Waals surface area (Å²) in [6.07, 6.45) is 0. The maximum atomic E-state index is 8.79. The van der Waals surface area contributed by atoms with Crippen LogP contribution in [0.15, 0.2) is 42.5 Å². The van der Waals surface area contributed by atoms with Crippen LogP contribution in [0.5, 0.6) is 0 Å². The average Bonchev–Trinajstić information content (AvgIpc) is 2.40. The molecular formula is C16H14ClNS. The fraction of sp³-hybridized carbons (Fsp3) is 0.188. The number of halogens is 1. The molecule has 0 aliphatic rings. The first kappa shape index (κ1) is 14.0.